The number of ether oxygens (including phenoxy) is 1. The lowest BCUT2D eigenvalue weighted by molar-refractivity contribution is 0.0334. The third kappa shape index (κ3) is 5.88. The van der Waals surface area contributed by atoms with E-state index >= 15 is 0 Å². The first-order valence-electron chi connectivity index (χ1n) is 11.2. The Morgan fingerprint density at radius 1 is 1.00 bits per heavy atom. The Hall–Kier alpha value is -1.24. The van der Waals surface area contributed by atoms with Crippen LogP contribution in [0.1, 0.15) is 58.7 Å². The quantitative estimate of drug-likeness (QED) is 0.681. The van der Waals surface area contributed by atoms with Crippen molar-refractivity contribution < 1.29 is 4.74 Å². The van der Waals surface area contributed by atoms with Gasteiger partial charge in [0.25, 0.3) is 0 Å². The lowest BCUT2D eigenvalue weighted by Gasteiger charge is -2.43. The van der Waals surface area contributed by atoms with E-state index in [1.165, 1.54) is 31.6 Å². The predicted octanol–water partition coefficient (Wildman–Crippen LogP) is 3.00. The van der Waals surface area contributed by atoms with E-state index in [0.29, 0.717) is 12.0 Å². The van der Waals surface area contributed by atoms with Crippen LogP contribution in [0, 0.1) is 0 Å². The van der Waals surface area contributed by atoms with Crippen LogP contribution >= 0.6 is 0 Å². The van der Waals surface area contributed by atoms with Gasteiger partial charge in [-0.05, 0) is 39.3 Å². The number of hydrogen-bond donors (Lipinski definition) is 0. The number of nitrogens with zero attached hydrogens (tertiary/aromatic N) is 5. The fraction of sp³-hybridized carbons (Fsp3) is 0.818. The first-order valence-corrected chi connectivity index (χ1v) is 11.2. The van der Waals surface area contributed by atoms with Crippen LogP contribution in [-0.2, 0) is 4.74 Å². The highest BCUT2D eigenvalue weighted by Gasteiger charge is 2.27. The Morgan fingerprint density at radius 3 is 2.21 bits per heavy atom. The third-order valence-electron chi connectivity index (χ3n) is 6.31. The van der Waals surface area contributed by atoms with Crippen LogP contribution in [0.5, 0.6) is 0 Å². The van der Waals surface area contributed by atoms with Crippen LogP contribution in [0.25, 0.3) is 0 Å². The molecule has 28 heavy (non-hydrogen) atoms. The van der Waals surface area contributed by atoms with Gasteiger partial charge in [0.2, 0.25) is 0 Å². The molecule has 0 bridgehead atoms. The van der Waals surface area contributed by atoms with Crippen LogP contribution in [0.4, 0.5) is 5.69 Å². The second-order valence-electron chi connectivity index (χ2n) is 8.64. The Balaban J connectivity index is 1.37. The van der Waals surface area contributed by atoms with Crippen LogP contribution in [0.3, 0.4) is 0 Å². The van der Waals surface area contributed by atoms with E-state index in [1.54, 1.807) is 0 Å². The Kier molecular flexibility index (Phi) is 8.06. The Labute approximate surface area is 171 Å². The molecule has 0 saturated carbocycles. The SMILES string of the molecule is CCC(C)OCCN1CCC(N2CCN(c3cnc(C(C)C)nc3)CC2)CC1. The normalized spacial score (nSPS) is 21.4. The smallest absolute Gasteiger partial charge is 0.130 e. The van der Waals surface area contributed by atoms with E-state index in [0.717, 1.165) is 57.6 Å². The van der Waals surface area contributed by atoms with Gasteiger partial charge in [0.05, 0.1) is 30.8 Å². The summed E-state index contributed by atoms with van der Waals surface area (Å²) in [5, 5.41) is 0. The minimum Gasteiger partial charge on any atom is -0.377 e. The minimum atomic E-state index is 0.387. The summed E-state index contributed by atoms with van der Waals surface area (Å²) in [6.45, 7) is 17.4. The third-order valence-corrected chi connectivity index (χ3v) is 6.31. The molecule has 1 atom stereocenters. The molecule has 2 fully saturated rings. The molecule has 1 unspecified atom stereocenters. The maximum absolute atomic E-state index is 5.84. The molecule has 0 aliphatic carbocycles. The van der Waals surface area contributed by atoms with E-state index in [2.05, 4.69) is 52.4 Å². The van der Waals surface area contributed by atoms with Crippen molar-refractivity contribution in [3.05, 3.63) is 18.2 Å². The standard InChI is InChI=1S/C22H39N5O/c1-5-19(4)28-15-14-25-8-6-20(7-9-25)26-10-12-27(13-11-26)21-16-23-22(18(2)3)24-17-21/h16-20H,5-15H2,1-4H3. The summed E-state index contributed by atoms with van der Waals surface area (Å²) in [4.78, 5) is 16.8. The molecule has 1 aromatic heterocycles. The van der Waals surface area contributed by atoms with E-state index in [1.807, 2.05) is 12.4 Å². The highest BCUT2D eigenvalue weighted by molar-refractivity contribution is 5.42. The lowest BCUT2D eigenvalue weighted by Crippen LogP contribution is -2.53. The molecule has 0 radical (unpaired) electrons. The molecule has 3 heterocycles. The van der Waals surface area contributed by atoms with Gasteiger partial charge < -0.3 is 14.5 Å². The molecular formula is C22H39N5O. The summed E-state index contributed by atoms with van der Waals surface area (Å²) >= 11 is 0. The van der Waals surface area contributed by atoms with Crippen LogP contribution in [-0.4, -0.2) is 84.3 Å². The molecule has 0 amide bonds. The van der Waals surface area contributed by atoms with Gasteiger partial charge in [-0.2, -0.15) is 0 Å². The maximum Gasteiger partial charge on any atom is 0.130 e. The average molecular weight is 390 g/mol. The lowest BCUT2D eigenvalue weighted by atomic mass is 10.0. The molecule has 2 aliphatic rings. The van der Waals surface area contributed by atoms with Crippen molar-refractivity contribution in [3.63, 3.8) is 0 Å². The number of hydrogen-bond acceptors (Lipinski definition) is 6. The van der Waals surface area contributed by atoms with Gasteiger partial charge in [0.1, 0.15) is 5.82 Å². The molecular weight excluding hydrogens is 350 g/mol. The van der Waals surface area contributed by atoms with E-state index in [-0.39, 0.29) is 0 Å². The van der Waals surface area contributed by atoms with Crippen molar-refractivity contribution in [2.24, 2.45) is 0 Å². The van der Waals surface area contributed by atoms with Crippen LogP contribution in [0.15, 0.2) is 12.4 Å². The van der Waals surface area contributed by atoms with Gasteiger partial charge in [-0.3, -0.25) is 4.90 Å². The molecule has 158 valence electrons. The van der Waals surface area contributed by atoms with Crippen LogP contribution < -0.4 is 4.90 Å². The van der Waals surface area contributed by atoms with Gasteiger partial charge in [0.15, 0.2) is 0 Å². The summed E-state index contributed by atoms with van der Waals surface area (Å²) in [7, 11) is 0. The zero-order chi connectivity index (χ0) is 19.9. The summed E-state index contributed by atoms with van der Waals surface area (Å²) < 4.78 is 5.84. The van der Waals surface area contributed by atoms with Gasteiger partial charge >= 0.3 is 0 Å². The first kappa shape index (κ1) is 21.5. The summed E-state index contributed by atoms with van der Waals surface area (Å²) in [5.41, 5.74) is 1.17. The first-order chi connectivity index (χ1) is 13.6. The van der Waals surface area contributed by atoms with Crippen molar-refractivity contribution in [3.8, 4) is 0 Å². The zero-order valence-electron chi connectivity index (χ0n) is 18.3. The average Bonchev–Trinajstić information content (AvgIpc) is 2.74. The molecule has 2 aliphatic heterocycles. The summed E-state index contributed by atoms with van der Waals surface area (Å²) in [6, 6.07) is 0.744. The second kappa shape index (κ2) is 10.5. The second-order valence-corrected chi connectivity index (χ2v) is 8.64. The molecule has 6 nitrogen and oxygen atoms in total. The van der Waals surface area contributed by atoms with Gasteiger partial charge in [-0.1, -0.05) is 20.8 Å². The fourth-order valence-corrected chi connectivity index (χ4v) is 4.15. The van der Waals surface area contributed by atoms with Crippen molar-refractivity contribution in [1.82, 2.24) is 19.8 Å². The monoisotopic (exact) mass is 389 g/mol. The van der Waals surface area contributed by atoms with Crippen LogP contribution in [0.2, 0.25) is 0 Å². The van der Waals surface area contributed by atoms with Crippen molar-refractivity contribution >= 4 is 5.69 Å². The number of anilines is 1. The summed E-state index contributed by atoms with van der Waals surface area (Å²) in [5.74, 6) is 1.32. The molecule has 2 saturated heterocycles. The molecule has 0 aromatic carbocycles. The van der Waals surface area contributed by atoms with E-state index in [4.69, 9.17) is 4.74 Å². The molecule has 0 N–H and O–H groups in total. The highest BCUT2D eigenvalue weighted by Crippen LogP contribution is 2.21. The maximum atomic E-state index is 5.84. The highest BCUT2D eigenvalue weighted by atomic mass is 16.5. The zero-order valence-corrected chi connectivity index (χ0v) is 18.3. The van der Waals surface area contributed by atoms with E-state index in [9.17, 15) is 0 Å². The molecule has 1 aromatic rings. The van der Waals surface area contributed by atoms with Crippen molar-refractivity contribution in [2.45, 2.75) is 65.0 Å². The largest absolute Gasteiger partial charge is 0.377 e. The van der Waals surface area contributed by atoms with Gasteiger partial charge in [0, 0.05) is 44.7 Å². The Morgan fingerprint density at radius 2 is 1.64 bits per heavy atom. The van der Waals surface area contributed by atoms with Crippen molar-refractivity contribution in [2.75, 3.05) is 57.3 Å². The molecule has 0 spiro atoms. The van der Waals surface area contributed by atoms with Crippen molar-refractivity contribution in [1.29, 1.82) is 0 Å². The molecule has 3 rings (SSSR count). The van der Waals surface area contributed by atoms with E-state index < -0.39 is 0 Å². The minimum absolute atomic E-state index is 0.387. The number of likely N-dealkylation sites (tertiary alicyclic amines) is 1. The summed E-state index contributed by atoms with van der Waals surface area (Å²) in [6.07, 6.45) is 8.06. The number of piperazine rings is 1. The predicted molar refractivity (Wildman–Crippen MR) is 115 cm³/mol. The number of aromatic nitrogens is 2. The number of rotatable bonds is 8. The Bertz CT molecular complexity index is 563. The topological polar surface area (TPSA) is 44.7 Å². The van der Waals surface area contributed by atoms with Gasteiger partial charge in [-0.15, -0.1) is 0 Å². The number of piperidine rings is 1. The molecule has 6 heteroatoms. The van der Waals surface area contributed by atoms with Gasteiger partial charge in [-0.25, -0.2) is 9.97 Å². The fourth-order valence-electron chi connectivity index (χ4n) is 4.15.